The van der Waals surface area contributed by atoms with Crippen molar-refractivity contribution in [2.45, 2.75) is 46.1 Å². The van der Waals surface area contributed by atoms with E-state index in [0.29, 0.717) is 5.92 Å². The molecule has 3 rings (SSSR count). The maximum absolute atomic E-state index is 6.00. The summed E-state index contributed by atoms with van der Waals surface area (Å²) >= 11 is 6.00. The van der Waals surface area contributed by atoms with Gasteiger partial charge in [0.2, 0.25) is 0 Å². The fraction of sp³-hybridized carbons (Fsp3) is 0.348. The van der Waals surface area contributed by atoms with Gasteiger partial charge in [-0.25, -0.2) is 4.98 Å². The molecule has 0 saturated heterocycles. The van der Waals surface area contributed by atoms with E-state index < -0.39 is 0 Å². The van der Waals surface area contributed by atoms with Crippen LogP contribution in [-0.4, -0.2) is 9.55 Å². The Labute approximate surface area is 161 Å². The Kier molecular flexibility index (Phi) is 6.51. The average molecular weight is 367 g/mol. The molecular formula is C23H27ClN2. The molecule has 3 aromatic rings. The van der Waals surface area contributed by atoms with Crippen molar-refractivity contribution in [1.82, 2.24) is 9.55 Å². The maximum Gasteiger partial charge on any atom is 0.0945 e. The van der Waals surface area contributed by atoms with Crippen LogP contribution in [0.5, 0.6) is 0 Å². The van der Waals surface area contributed by atoms with Crippen LogP contribution in [0.4, 0.5) is 0 Å². The van der Waals surface area contributed by atoms with Crippen molar-refractivity contribution >= 4 is 11.6 Å². The van der Waals surface area contributed by atoms with Crippen LogP contribution in [0.15, 0.2) is 61.2 Å². The molecule has 1 aromatic heterocycles. The first-order valence-electron chi connectivity index (χ1n) is 9.36. The maximum atomic E-state index is 6.00. The number of hydrogen-bond acceptors (Lipinski definition) is 1. The van der Waals surface area contributed by atoms with Gasteiger partial charge in [-0.2, -0.15) is 0 Å². The van der Waals surface area contributed by atoms with Crippen LogP contribution >= 0.6 is 11.6 Å². The van der Waals surface area contributed by atoms with E-state index in [2.05, 4.69) is 59.9 Å². The SMILES string of the molecule is Cc1ccc(CCC(CCc2ccc(Cl)cc2)Cn2ccnc2)c(C)c1. The minimum absolute atomic E-state index is 0.626. The van der Waals surface area contributed by atoms with Gasteiger partial charge in [-0.3, -0.25) is 0 Å². The molecular weight excluding hydrogens is 340 g/mol. The molecule has 26 heavy (non-hydrogen) atoms. The van der Waals surface area contributed by atoms with Gasteiger partial charge >= 0.3 is 0 Å². The summed E-state index contributed by atoms with van der Waals surface area (Å²) in [6.07, 6.45) is 10.4. The fourth-order valence-electron chi connectivity index (χ4n) is 3.53. The summed E-state index contributed by atoms with van der Waals surface area (Å²) in [5.41, 5.74) is 5.57. The second kappa shape index (κ2) is 9.05. The van der Waals surface area contributed by atoms with Gasteiger partial charge in [0.05, 0.1) is 6.33 Å². The van der Waals surface area contributed by atoms with Crippen LogP contribution in [0.3, 0.4) is 0 Å². The van der Waals surface area contributed by atoms with E-state index in [0.717, 1.165) is 24.4 Å². The van der Waals surface area contributed by atoms with Gasteiger partial charge in [-0.1, -0.05) is 47.5 Å². The molecule has 0 aliphatic rings. The highest BCUT2D eigenvalue weighted by molar-refractivity contribution is 6.30. The lowest BCUT2D eigenvalue weighted by Gasteiger charge is -2.18. The molecule has 1 heterocycles. The van der Waals surface area contributed by atoms with E-state index in [1.807, 2.05) is 24.7 Å². The molecule has 0 aliphatic heterocycles. The van der Waals surface area contributed by atoms with Gasteiger partial charge in [0.15, 0.2) is 0 Å². The van der Waals surface area contributed by atoms with Gasteiger partial charge in [-0.15, -0.1) is 0 Å². The summed E-state index contributed by atoms with van der Waals surface area (Å²) in [7, 11) is 0. The van der Waals surface area contributed by atoms with Crippen LogP contribution in [0.25, 0.3) is 0 Å². The zero-order valence-corrected chi connectivity index (χ0v) is 16.4. The number of aromatic nitrogens is 2. The van der Waals surface area contributed by atoms with E-state index in [4.69, 9.17) is 11.6 Å². The molecule has 1 unspecified atom stereocenters. The third kappa shape index (κ3) is 5.47. The Morgan fingerprint density at radius 2 is 1.77 bits per heavy atom. The molecule has 0 N–H and O–H groups in total. The molecule has 0 bridgehead atoms. The Morgan fingerprint density at radius 1 is 1.00 bits per heavy atom. The lowest BCUT2D eigenvalue weighted by molar-refractivity contribution is 0.388. The van der Waals surface area contributed by atoms with Crippen molar-refractivity contribution in [3.05, 3.63) is 88.5 Å². The topological polar surface area (TPSA) is 17.8 Å². The number of benzene rings is 2. The van der Waals surface area contributed by atoms with Crippen molar-refractivity contribution in [2.75, 3.05) is 0 Å². The highest BCUT2D eigenvalue weighted by Crippen LogP contribution is 2.21. The van der Waals surface area contributed by atoms with Crippen LogP contribution in [0.2, 0.25) is 5.02 Å². The molecule has 2 nitrogen and oxygen atoms in total. The van der Waals surface area contributed by atoms with Crippen molar-refractivity contribution in [2.24, 2.45) is 5.92 Å². The standard InChI is InChI=1S/C23H27ClN2/c1-18-3-9-22(19(2)15-18)10-6-21(16-26-14-13-25-17-26)5-4-20-7-11-23(24)12-8-20/h3,7-9,11-15,17,21H,4-6,10,16H2,1-2H3. The van der Waals surface area contributed by atoms with Crippen LogP contribution in [-0.2, 0) is 19.4 Å². The highest BCUT2D eigenvalue weighted by atomic mass is 35.5. The van der Waals surface area contributed by atoms with Gasteiger partial charge in [0, 0.05) is 24.0 Å². The summed E-state index contributed by atoms with van der Waals surface area (Å²) in [5, 5.41) is 0.804. The first kappa shape index (κ1) is 18.7. The largest absolute Gasteiger partial charge is 0.337 e. The Bertz CT molecular complexity index is 807. The van der Waals surface area contributed by atoms with Gasteiger partial charge < -0.3 is 4.57 Å². The second-order valence-corrected chi connectivity index (χ2v) is 7.70. The Hall–Kier alpha value is -2.06. The van der Waals surface area contributed by atoms with Gasteiger partial charge in [0.25, 0.3) is 0 Å². The number of hydrogen-bond donors (Lipinski definition) is 0. The molecule has 136 valence electrons. The Balaban J connectivity index is 1.63. The minimum Gasteiger partial charge on any atom is -0.337 e. The number of aryl methyl sites for hydroxylation is 4. The van der Waals surface area contributed by atoms with E-state index in [1.165, 1.54) is 35.1 Å². The fourth-order valence-corrected chi connectivity index (χ4v) is 3.65. The molecule has 2 aromatic carbocycles. The predicted molar refractivity (Wildman–Crippen MR) is 110 cm³/mol. The number of halogens is 1. The number of nitrogens with zero attached hydrogens (tertiary/aromatic N) is 2. The normalized spacial score (nSPS) is 12.3. The molecule has 0 aliphatic carbocycles. The first-order valence-corrected chi connectivity index (χ1v) is 9.74. The molecule has 0 fully saturated rings. The van der Waals surface area contributed by atoms with Crippen molar-refractivity contribution in [3.63, 3.8) is 0 Å². The van der Waals surface area contributed by atoms with Crippen LogP contribution in [0, 0.1) is 19.8 Å². The lowest BCUT2D eigenvalue weighted by Crippen LogP contribution is -2.12. The third-order valence-electron chi connectivity index (χ3n) is 5.10. The predicted octanol–water partition coefficient (Wildman–Crippen LogP) is 6.04. The van der Waals surface area contributed by atoms with E-state index in [-0.39, 0.29) is 0 Å². The molecule has 1 atom stereocenters. The van der Waals surface area contributed by atoms with Gasteiger partial charge in [-0.05, 0) is 74.3 Å². The second-order valence-electron chi connectivity index (χ2n) is 7.26. The number of imidazole rings is 1. The summed E-state index contributed by atoms with van der Waals surface area (Å²) in [6.45, 7) is 5.41. The average Bonchev–Trinajstić information content (AvgIpc) is 3.13. The first-order chi connectivity index (χ1) is 12.6. The third-order valence-corrected chi connectivity index (χ3v) is 5.35. The number of rotatable bonds is 8. The van der Waals surface area contributed by atoms with Crippen LogP contribution < -0.4 is 0 Å². The summed E-state index contributed by atoms with van der Waals surface area (Å²) < 4.78 is 2.20. The van der Waals surface area contributed by atoms with E-state index in [1.54, 1.807) is 0 Å². The lowest BCUT2D eigenvalue weighted by atomic mass is 9.91. The van der Waals surface area contributed by atoms with Gasteiger partial charge in [0.1, 0.15) is 0 Å². The van der Waals surface area contributed by atoms with Crippen molar-refractivity contribution < 1.29 is 0 Å². The molecule has 0 radical (unpaired) electrons. The highest BCUT2D eigenvalue weighted by Gasteiger charge is 2.12. The molecule has 3 heteroatoms. The quantitative estimate of drug-likeness (QED) is 0.475. The van der Waals surface area contributed by atoms with E-state index in [9.17, 15) is 0 Å². The zero-order valence-electron chi connectivity index (χ0n) is 15.7. The summed E-state index contributed by atoms with van der Waals surface area (Å²) in [4.78, 5) is 4.19. The van der Waals surface area contributed by atoms with Crippen molar-refractivity contribution in [3.8, 4) is 0 Å². The van der Waals surface area contributed by atoms with E-state index >= 15 is 0 Å². The smallest absolute Gasteiger partial charge is 0.0945 e. The summed E-state index contributed by atoms with van der Waals surface area (Å²) in [5.74, 6) is 0.626. The minimum atomic E-state index is 0.626. The van der Waals surface area contributed by atoms with Crippen molar-refractivity contribution in [1.29, 1.82) is 0 Å². The monoisotopic (exact) mass is 366 g/mol. The molecule has 0 amide bonds. The molecule has 0 saturated carbocycles. The Morgan fingerprint density at radius 3 is 2.46 bits per heavy atom. The van der Waals surface area contributed by atoms with Crippen LogP contribution in [0.1, 0.15) is 35.1 Å². The summed E-state index contributed by atoms with van der Waals surface area (Å²) in [6, 6.07) is 15.0. The zero-order chi connectivity index (χ0) is 18.4. The molecule has 0 spiro atoms.